The van der Waals surface area contributed by atoms with Gasteiger partial charge in [-0.15, -0.1) is 0 Å². The predicted molar refractivity (Wildman–Crippen MR) is 112 cm³/mol. The maximum Gasteiger partial charge on any atom is 0.291 e. The number of carbonyl (C=O) groups excluding carboxylic acids is 3. The predicted octanol–water partition coefficient (Wildman–Crippen LogP) is 4.70. The Hall–Kier alpha value is -4.46. The lowest BCUT2D eigenvalue weighted by atomic mass is 9.90. The van der Waals surface area contributed by atoms with Crippen LogP contribution in [-0.2, 0) is 0 Å². The van der Waals surface area contributed by atoms with E-state index >= 15 is 0 Å². The Bertz CT molecular complexity index is 1380. The zero-order valence-electron chi connectivity index (χ0n) is 17.1. The highest BCUT2D eigenvalue weighted by atomic mass is 16.5. The number of ether oxygens (including phenoxy) is 1. The van der Waals surface area contributed by atoms with Crippen molar-refractivity contribution in [3.05, 3.63) is 94.3 Å². The van der Waals surface area contributed by atoms with Crippen molar-refractivity contribution >= 4 is 23.2 Å². The second-order valence-corrected chi connectivity index (χ2v) is 7.28. The Morgan fingerprint density at radius 2 is 1.53 bits per heavy atom. The van der Waals surface area contributed by atoms with Crippen LogP contribution >= 0.6 is 0 Å². The molecule has 0 fully saturated rings. The molecule has 0 spiro atoms. The maximum absolute atomic E-state index is 12.8. The van der Waals surface area contributed by atoms with Crippen LogP contribution in [0.2, 0.25) is 0 Å². The molecule has 5 rings (SSSR count). The first-order valence-electron chi connectivity index (χ1n) is 9.77. The Morgan fingerprint density at radius 3 is 2.25 bits per heavy atom. The van der Waals surface area contributed by atoms with Crippen molar-refractivity contribution in [2.45, 2.75) is 13.8 Å². The summed E-state index contributed by atoms with van der Waals surface area (Å²) in [6.45, 7) is 3.11. The molecule has 8 nitrogen and oxygen atoms in total. The molecule has 0 saturated carbocycles. The molecular weight excluding hydrogens is 412 g/mol. The molecule has 1 aliphatic carbocycles. The number of anilines is 1. The summed E-state index contributed by atoms with van der Waals surface area (Å²) in [5, 5.41) is 6.40. The van der Waals surface area contributed by atoms with Crippen LogP contribution in [-0.4, -0.2) is 22.6 Å². The third-order valence-corrected chi connectivity index (χ3v) is 5.17. The van der Waals surface area contributed by atoms with Gasteiger partial charge in [0.25, 0.3) is 5.91 Å². The van der Waals surface area contributed by atoms with Gasteiger partial charge < -0.3 is 19.0 Å². The Labute approximate surface area is 181 Å². The summed E-state index contributed by atoms with van der Waals surface area (Å²) in [5.74, 6) is -0.769. The lowest BCUT2D eigenvalue weighted by Gasteiger charge is -2.07. The van der Waals surface area contributed by atoms with E-state index in [0.29, 0.717) is 22.9 Å². The van der Waals surface area contributed by atoms with Gasteiger partial charge in [-0.05, 0) is 50.2 Å². The van der Waals surface area contributed by atoms with Gasteiger partial charge in [0.05, 0.1) is 11.3 Å². The molecule has 2 aromatic carbocycles. The van der Waals surface area contributed by atoms with Crippen molar-refractivity contribution in [3.63, 3.8) is 0 Å². The first kappa shape index (κ1) is 19.5. The summed E-state index contributed by atoms with van der Waals surface area (Å²) in [4.78, 5) is 38.4. The van der Waals surface area contributed by atoms with Crippen LogP contribution in [0, 0.1) is 13.8 Å². The van der Waals surface area contributed by atoms with Gasteiger partial charge in [-0.1, -0.05) is 23.4 Å². The lowest BCUT2D eigenvalue weighted by Crippen LogP contribution is -2.19. The fourth-order valence-corrected chi connectivity index (χ4v) is 3.60. The molecule has 0 saturated heterocycles. The van der Waals surface area contributed by atoms with E-state index in [9.17, 15) is 14.4 Å². The highest BCUT2D eigenvalue weighted by molar-refractivity contribution is 6.28. The Morgan fingerprint density at radius 1 is 0.875 bits per heavy atom. The number of furan rings is 1. The number of fused-ring (bicyclic) bond motifs is 2. The SMILES string of the molecule is Cc1noc2c1C(=O)c1oc(C(=O)Nc3ccc(Oc4ccccc4)cc3)c(C)c1C2=O. The van der Waals surface area contributed by atoms with Gasteiger partial charge in [-0.3, -0.25) is 14.4 Å². The van der Waals surface area contributed by atoms with Crippen LogP contribution < -0.4 is 10.1 Å². The second-order valence-electron chi connectivity index (χ2n) is 7.28. The van der Waals surface area contributed by atoms with E-state index in [1.807, 2.05) is 30.3 Å². The topological polar surface area (TPSA) is 112 Å². The number of hydrogen-bond donors (Lipinski definition) is 1. The molecule has 0 unspecified atom stereocenters. The first-order chi connectivity index (χ1) is 15.4. The zero-order chi connectivity index (χ0) is 22.4. The van der Waals surface area contributed by atoms with Crippen LogP contribution in [0.5, 0.6) is 11.5 Å². The van der Waals surface area contributed by atoms with Gasteiger partial charge in [-0.25, -0.2) is 0 Å². The zero-order valence-corrected chi connectivity index (χ0v) is 17.1. The Balaban J connectivity index is 1.38. The molecule has 8 heteroatoms. The highest BCUT2D eigenvalue weighted by Crippen LogP contribution is 2.34. The molecule has 32 heavy (non-hydrogen) atoms. The summed E-state index contributed by atoms with van der Waals surface area (Å²) in [7, 11) is 0. The number of nitrogens with zero attached hydrogens (tertiary/aromatic N) is 1. The summed E-state index contributed by atoms with van der Waals surface area (Å²) < 4.78 is 16.3. The first-order valence-corrected chi connectivity index (χ1v) is 9.77. The molecule has 0 radical (unpaired) electrons. The van der Waals surface area contributed by atoms with Crippen LogP contribution in [0.15, 0.2) is 63.5 Å². The number of hydrogen-bond acceptors (Lipinski definition) is 7. The van der Waals surface area contributed by atoms with Gasteiger partial charge in [0.15, 0.2) is 11.5 Å². The molecule has 4 aromatic rings. The van der Waals surface area contributed by atoms with Gasteiger partial charge in [-0.2, -0.15) is 0 Å². The van der Waals surface area contributed by atoms with Crippen LogP contribution in [0.1, 0.15) is 54.0 Å². The van der Waals surface area contributed by atoms with E-state index in [1.54, 1.807) is 38.1 Å². The summed E-state index contributed by atoms with van der Waals surface area (Å²) in [6, 6.07) is 16.1. The van der Waals surface area contributed by atoms with E-state index < -0.39 is 17.5 Å². The third kappa shape index (κ3) is 3.09. The van der Waals surface area contributed by atoms with Crippen LogP contribution in [0.25, 0.3) is 0 Å². The van der Waals surface area contributed by atoms with Crippen molar-refractivity contribution in [2.24, 2.45) is 0 Å². The molecule has 158 valence electrons. The maximum atomic E-state index is 12.8. The van der Waals surface area contributed by atoms with Crippen molar-refractivity contribution in [3.8, 4) is 11.5 Å². The van der Waals surface area contributed by atoms with Gasteiger partial charge in [0.2, 0.25) is 17.3 Å². The largest absolute Gasteiger partial charge is 0.457 e. The fraction of sp³-hybridized carbons (Fsp3) is 0.0833. The number of aromatic nitrogens is 1. The molecule has 1 amide bonds. The quantitative estimate of drug-likeness (QED) is 0.441. The van der Waals surface area contributed by atoms with Gasteiger partial charge in [0, 0.05) is 11.3 Å². The van der Waals surface area contributed by atoms with E-state index in [0.717, 1.165) is 0 Å². The van der Waals surface area contributed by atoms with E-state index in [4.69, 9.17) is 13.7 Å². The molecule has 0 atom stereocenters. The van der Waals surface area contributed by atoms with Gasteiger partial charge >= 0.3 is 0 Å². The van der Waals surface area contributed by atoms with E-state index in [2.05, 4.69) is 10.5 Å². The molecule has 2 aromatic heterocycles. The monoisotopic (exact) mass is 428 g/mol. The minimum atomic E-state index is -0.583. The number of amides is 1. The lowest BCUT2D eigenvalue weighted by molar-refractivity contribution is 0.0932. The fourth-order valence-electron chi connectivity index (χ4n) is 3.60. The number of para-hydroxylation sites is 1. The number of aryl methyl sites for hydroxylation is 1. The summed E-state index contributed by atoms with van der Waals surface area (Å²) >= 11 is 0. The molecular formula is C24H16N2O6. The minimum absolute atomic E-state index is 0.0235. The van der Waals surface area contributed by atoms with E-state index in [1.165, 1.54) is 0 Å². The summed E-state index contributed by atoms with van der Waals surface area (Å²) in [6.07, 6.45) is 0. The smallest absolute Gasteiger partial charge is 0.291 e. The number of carbonyl (C=O) groups is 3. The molecule has 1 aliphatic rings. The normalized spacial score (nSPS) is 12.3. The minimum Gasteiger partial charge on any atom is -0.457 e. The van der Waals surface area contributed by atoms with Crippen molar-refractivity contribution < 1.29 is 28.1 Å². The molecule has 2 heterocycles. The number of ketones is 2. The molecule has 0 bridgehead atoms. The summed E-state index contributed by atoms with van der Waals surface area (Å²) in [5.41, 5.74) is 1.14. The van der Waals surface area contributed by atoms with Crippen LogP contribution in [0.4, 0.5) is 5.69 Å². The third-order valence-electron chi connectivity index (χ3n) is 5.17. The average molecular weight is 428 g/mol. The van der Waals surface area contributed by atoms with Crippen molar-refractivity contribution in [1.29, 1.82) is 0 Å². The van der Waals surface area contributed by atoms with E-state index in [-0.39, 0.29) is 34.0 Å². The number of rotatable bonds is 4. The molecule has 1 N–H and O–H groups in total. The second kappa shape index (κ2) is 7.35. The standard InChI is InChI=1S/C24H16N2O6/c1-12-17-19(27)23-18(13(2)26-32-23)20(28)22(17)31-21(12)24(29)25-14-8-10-16(11-9-14)30-15-6-4-3-5-7-15/h3-11H,1-2H3,(H,25,29). The van der Waals surface area contributed by atoms with Crippen molar-refractivity contribution in [2.75, 3.05) is 5.32 Å². The molecule has 0 aliphatic heterocycles. The van der Waals surface area contributed by atoms with Crippen LogP contribution in [0.3, 0.4) is 0 Å². The average Bonchev–Trinajstić information content (AvgIpc) is 3.35. The van der Waals surface area contributed by atoms with Gasteiger partial charge in [0.1, 0.15) is 17.1 Å². The number of benzene rings is 2. The Kier molecular flexibility index (Phi) is 4.48. The number of nitrogens with one attached hydrogen (secondary N) is 1. The highest BCUT2D eigenvalue weighted by Gasteiger charge is 2.41. The van der Waals surface area contributed by atoms with Crippen molar-refractivity contribution in [1.82, 2.24) is 5.16 Å².